The van der Waals surface area contributed by atoms with E-state index in [-0.39, 0.29) is 5.69 Å². The van der Waals surface area contributed by atoms with E-state index in [1.165, 1.54) is 0 Å². The quantitative estimate of drug-likeness (QED) is 0.444. The Morgan fingerprint density at radius 3 is 2.88 bits per heavy atom. The summed E-state index contributed by atoms with van der Waals surface area (Å²) < 4.78 is 5.20. The first kappa shape index (κ1) is 10.4. The van der Waals surface area contributed by atoms with Crippen LogP contribution in [0.5, 0.6) is 5.75 Å². The molecule has 0 saturated heterocycles. The van der Waals surface area contributed by atoms with Gasteiger partial charge in [0.15, 0.2) is 0 Å². The summed E-state index contributed by atoms with van der Waals surface area (Å²) in [7, 11) is 1.55. The molecule has 0 saturated carbocycles. The smallest absolute Gasteiger partial charge is 0.283 e. The number of amides is 1. The highest BCUT2D eigenvalue weighted by molar-refractivity contribution is 5.96. The van der Waals surface area contributed by atoms with E-state index in [4.69, 9.17) is 10.6 Å². The molecule has 0 atom stereocenters. The molecule has 0 aliphatic carbocycles. The normalized spacial score (nSPS) is 10.1. The molecule has 2 aromatic rings. The topological polar surface area (TPSA) is 77.2 Å². The predicted octanol–water partition coefficient (Wildman–Crippen LogP) is 0.847. The minimum Gasteiger partial charge on any atom is -0.496 e. The average Bonchev–Trinajstić information content (AvgIpc) is 2.36. The number of nitrogens with zero attached hydrogens (tertiary/aromatic N) is 1. The van der Waals surface area contributed by atoms with Crippen molar-refractivity contribution in [2.45, 2.75) is 0 Å². The lowest BCUT2D eigenvalue weighted by Gasteiger charge is -2.07. The van der Waals surface area contributed by atoms with Crippen LogP contribution in [-0.4, -0.2) is 18.0 Å². The highest BCUT2D eigenvalue weighted by atomic mass is 16.5. The van der Waals surface area contributed by atoms with Gasteiger partial charge in [-0.25, -0.2) is 10.8 Å². The molecule has 82 valence electrons. The molecule has 1 amide bonds. The largest absolute Gasteiger partial charge is 0.496 e. The van der Waals surface area contributed by atoms with Gasteiger partial charge in [0.2, 0.25) is 0 Å². The number of pyridine rings is 1. The van der Waals surface area contributed by atoms with Crippen LogP contribution < -0.4 is 16.0 Å². The monoisotopic (exact) mass is 217 g/mol. The number of nitrogen functional groups attached to an aromatic ring is 1. The number of hydrazine groups is 1. The van der Waals surface area contributed by atoms with E-state index >= 15 is 0 Å². The van der Waals surface area contributed by atoms with Crippen LogP contribution in [0.4, 0.5) is 0 Å². The number of methoxy groups -OCH3 is 1. The number of nitrogens with one attached hydrogen (secondary N) is 1. The van der Waals surface area contributed by atoms with Gasteiger partial charge in [-0.15, -0.1) is 0 Å². The lowest BCUT2D eigenvalue weighted by Crippen LogP contribution is -2.30. The Labute approximate surface area is 92.2 Å². The molecule has 1 heterocycles. The van der Waals surface area contributed by atoms with Gasteiger partial charge in [0.25, 0.3) is 5.91 Å². The Morgan fingerprint density at radius 2 is 2.19 bits per heavy atom. The number of ether oxygens (including phenoxy) is 1. The second-order valence-corrected chi connectivity index (χ2v) is 3.20. The molecule has 0 unspecified atom stereocenters. The van der Waals surface area contributed by atoms with Gasteiger partial charge in [0.05, 0.1) is 12.6 Å². The maximum Gasteiger partial charge on any atom is 0.283 e. The van der Waals surface area contributed by atoms with Crippen LogP contribution in [0.25, 0.3) is 10.9 Å². The van der Waals surface area contributed by atoms with Crippen LogP contribution in [0.3, 0.4) is 0 Å². The summed E-state index contributed by atoms with van der Waals surface area (Å²) in [6, 6.07) is 8.98. The van der Waals surface area contributed by atoms with Gasteiger partial charge in [-0.1, -0.05) is 12.1 Å². The van der Waals surface area contributed by atoms with Gasteiger partial charge < -0.3 is 4.74 Å². The molecule has 2 rings (SSSR count). The van der Waals surface area contributed by atoms with Crippen molar-refractivity contribution in [3.05, 3.63) is 36.0 Å². The highest BCUT2D eigenvalue weighted by Gasteiger charge is 2.10. The minimum absolute atomic E-state index is 0.234. The third kappa shape index (κ3) is 1.68. The summed E-state index contributed by atoms with van der Waals surface area (Å²) in [5.41, 5.74) is 2.97. The molecular weight excluding hydrogens is 206 g/mol. The van der Waals surface area contributed by atoms with Crippen molar-refractivity contribution in [3.8, 4) is 5.75 Å². The molecule has 1 aromatic heterocycles. The molecule has 5 nitrogen and oxygen atoms in total. The standard InChI is InChI=1S/C11H11N3O2/c1-16-10-6-9(11(15)14-12)13-8-5-3-2-4-7(8)10/h2-6H,12H2,1H3,(H,14,15). The van der Waals surface area contributed by atoms with Gasteiger partial charge in [0.1, 0.15) is 11.4 Å². The van der Waals surface area contributed by atoms with Crippen molar-refractivity contribution in [2.24, 2.45) is 5.84 Å². The Morgan fingerprint density at radius 1 is 1.44 bits per heavy atom. The number of para-hydroxylation sites is 1. The second kappa shape index (κ2) is 4.16. The zero-order chi connectivity index (χ0) is 11.5. The Balaban J connectivity index is 2.68. The summed E-state index contributed by atoms with van der Waals surface area (Å²) in [6.07, 6.45) is 0. The van der Waals surface area contributed by atoms with Crippen molar-refractivity contribution >= 4 is 16.8 Å². The first-order chi connectivity index (χ1) is 7.76. The lowest BCUT2D eigenvalue weighted by molar-refractivity contribution is 0.0948. The second-order valence-electron chi connectivity index (χ2n) is 3.20. The Kier molecular flexibility index (Phi) is 2.70. The molecule has 0 bridgehead atoms. The Hall–Kier alpha value is -2.14. The van der Waals surface area contributed by atoms with Crippen molar-refractivity contribution < 1.29 is 9.53 Å². The summed E-state index contributed by atoms with van der Waals surface area (Å²) in [6.45, 7) is 0. The van der Waals surface area contributed by atoms with Gasteiger partial charge in [-0.05, 0) is 12.1 Å². The zero-order valence-corrected chi connectivity index (χ0v) is 8.73. The van der Waals surface area contributed by atoms with E-state index in [0.717, 1.165) is 5.39 Å². The first-order valence-corrected chi connectivity index (χ1v) is 4.71. The van der Waals surface area contributed by atoms with Gasteiger partial charge in [-0.3, -0.25) is 10.2 Å². The van der Waals surface area contributed by atoms with E-state index in [9.17, 15) is 4.79 Å². The van der Waals surface area contributed by atoms with Crippen molar-refractivity contribution in [2.75, 3.05) is 7.11 Å². The van der Waals surface area contributed by atoms with Crippen LogP contribution >= 0.6 is 0 Å². The molecule has 0 fully saturated rings. The number of rotatable bonds is 2. The molecule has 0 spiro atoms. The highest BCUT2D eigenvalue weighted by Crippen LogP contribution is 2.24. The van der Waals surface area contributed by atoms with Crippen LogP contribution in [0.2, 0.25) is 0 Å². The van der Waals surface area contributed by atoms with Crippen LogP contribution in [-0.2, 0) is 0 Å². The lowest BCUT2D eigenvalue weighted by atomic mass is 10.2. The fourth-order valence-corrected chi connectivity index (χ4v) is 1.50. The molecule has 3 N–H and O–H groups in total. The molecule has 0 radical (unpaired) electrons. The number of benzene rings is 1. The molecule has 0 aliphatic rings. The number of hydrogen-bond donors (Lipinski definition) is 2. The number of nitrogens with two attached hydrogens (primary N) is 1. The van der Waals surface area contributed by atoms with E-state index in [0.29, 0.717) is 11.3 Å². The summed E-state index contributed by atoms with van der Waals surface area (Å²) in [4.78, 5) is 15.6. The third-order valence-corrected chi connectivity index (χ3v) is 2.26. The molecule has 5 heteroatoms. The molecule has 16 heavy (non-hydrogen) atoms. The van der Waals surface area contributed by atoms with Crippen molar-refractivity contribution in [1.29, 1.82) is 0 Å². The number of carbonyl (C=O) groups excluding carboxylic acids is 1. The van der Waals surface area contributed by atoms with E-state index in [1.54, 1.807) is 13.2 Å². The molecule has 0 aliphatic heterocycles. The summed E-state index contributed by atoms with van der Waals surface area (Å²) in [5.74, 6) is 5.22. The molecular formula is C11H11N3O2. The fraction of sp³-hybridized carbons (Fsp3) is 0.0909. The van der Waals surface area contributed by atoms with E-state index in [2.05, 4.69) is 4.98 Å². The number of carbonyl (C=O) groups is 1. The Bertz CT molecular complexity index is 540. The first-order valence-electron chi connectivity index (χ1n) is 4.71. The number of fused-ring (bicyclic) bond motifs is 1. The predicted molar refractivity (Wildman–Crippen MR) is 59.9 cm³/mol. The third-order valence-electron chi connectivity index (χ3n) is 2.26. The van der Waals surface area contributed by atoms with E-state index in [1.807, 2.05) is 29.7 Å². The number of hydrogen-bond acceptors (Lipinski definition) is 4. The maximum absolute atomic E-state index is 11.4. The van der Waals surface area contributed by atoms with Crippen LogP contribution in [0.1, 0.15) is 10.5 Å². The summed E-state index contributed by atoms with van der Waals surface area (Å²) >= 11 is 0. The van der Waals surface area contributed by atoms with Gasteiger partial charge in [0, 0.05) is 11.5 Å². The van der Waals surface area contributed by atoms with Crippen molar-refractivity contribution in [3.63, 3.8) is 0 Å². The van der Waals surface area contributed by atoms with Crippen LogP contribution in [0, 0.1) is 0 Å². The van der Waals surface area contributed by atoms with Gasteiger partial charge >= 0.3 is 0 Å². The van der Waals surface area contributed by atoms with Crippen LogP contribution in [0.15, 0.2) is 30.3 Å². The molecule has 1 aromatic carbocycles. The SMILES string of the molecule is COc1cc(C(=O)NN)nc2ccccc12. The fourth-order valence-electron chi connectivity index (χ4n) is 1.50. The number of aromatic nitrogens is 1. The van der Waals surface area contributed by atoms with Gasteiger partial charge in [-0.2, -0.15) is 0 Å². The maximum atomic E-state index is 11.4. The summed E-state index contributed by atoms with van der Waals surface area (Å²) in [5, 5.41) is 0.860. The average molecular weight is 217 g/mol. The van der Waals surface area contributed by atoms with Crippen molar-refractivity contribution in [1.82, 2.24) is 10.4 Å². The van der Waals surface area contributed by atoms with E-state index < -0.39 is 5.91 Å². The minimum atomic E-state index is -0.441. The zero-order valence-electron chi connectivity index (χ0n) is 8.73.